The van der Waals surface area contributed by atoms with Crippen molar-refractivity contribution < 1.29 is 22.7 Å². The van der Waals surface area contributed by atoms with Gasteiger partial charge in [-0.3, -0.25) is 9.52 Å². The predicted molar refractivity (Wildman–Crippen MR) is 131 cm³/mol. The number of amides is 2. The number of sulfonamides is 1. The summed E-state index contributed by atoms with van der Waals surface area (Å²) in [6.45, 7) is 10.00. The second-order valence-corrected chi connectivity index (χ2v) is 11.3. The molecular weight excluding hydrogens is 454 g/mol. The maximum Gasteiger partial charge on any atom is 0.407 e. The van der Waals surface area contributed by atoms with Crippen LogP contribution in [0.25, 0.3) is 0 Å². The Hall–Kier alpha value is -3.07. The fraction of sp³-hybridized carbons (Fsp3) is 0.440. The number of aryl methyl sites for hydroxylation is 2. The van der Waals surface area contributed by atoms with Gasteiger partial charge >= 0.3 is 6.09 Å². The van der Waals surface area contributed by atoms with E-state index in [0.29, 0.717) is 42.7 Å². The molecule has 8 nitrogen and oxygen atoms in total. The summed E-state index contributed by atoms with van der Waals surface area (Å²) < 4.78 is 33.7. The number of likely N-dealkylation sites (tertiary alicyclic amines) is 1. The number of benzene rings is 2. The molecule has 1 aliphatic heterocycles. The Morgan fingerprint density at radius 1 is 1.03 bits per heavy atom. The van der Waals surface area contributed by atoms with Crippen LogP contribution < -0.4 is 10.0 Å². The van der Waals surface area contributed by atoms with Crippen molar-refractivity contribution in [2.45, 2.75) is 64.0 Å². The molecular formula is C25H33N3O5S. The standard InChI is InChI=1S/C25H33N3O5S/c1-17-7-6-8-20(15-17)27-34(31,32)21-10-9-18(2)22(16-21)23(29)28-13-11-19(12-14-28)26-24(30)33-25(3,4)5/h6-10,15-16,19,27H,11-14H2,1-5H3,(H,26,30). The number of alkyl carbamates (subject to hydrolysis) is 1. The number of nitrogens with zero attached hydrogens (tertiary/aromatic N) is 1. The van der Waals surface area contributed by atoms with Crippen LogP contribution in [0.3, 0.4) is 0 Å². The van der Waals surface area contributed by atoms with Crippen LogP contribution in [0, 0.1) is 13.8 Å². The van der Waals surface area contributed by atoms with Gasteiger partial charge in [0.2, 0.25) is 0 Å². The van der Waals surface area contributed by atoms with Crippen molar-refractivity contribution in [3.63, 3.8) is 0 Å². The van der Waals surface area contributed by atoms with Gasteiger partial charge in [-0.15, -0.1) is 0 Å². The number of carbonyl (C=O) groups is 2. The smallest absolute Gasteiger partial charge is 0.407 e. The quantitative estimate of drug-likeness (QED) is 0.657. The molecule has 3 rings (SSSR count). The molecule has 0 unspecified atom stereocenters. The number of anilines is 1. The molecule has 0 saturated carbocycles. The van der Waals surface area contributed by atoms with E-state index >= 15 is 0 Å². The zero-order valence-electron chi connectivity index (χ0n) is 20.3. The van der Waals surface area contributed by atoms with E-state index in [1.165, 1.54) is 12.1 Å². The highest BCUT2D eigenvalue weighted by atomic mass is 32.2. The highest BCUT2D eigenvalue weighted by Crippen LogP contribution is 2.22. The SMILES string of the molecule is Cc1cccc(NS(=O)(=O)c2ccc(C)c(C(=O)N3CCC(NC(=O)OC(C)(C)C)CC3)c2)c1. The number of ether oxygens (including phenoxy) is 1. The van der Waals surface area contributed by atoms with Gasteiger partial charge in [0.25, 0.3) is 15.9 Å². The maximum absolute atomic E-state index is 13.2. The third-order valence-corrected chi connectivity index (χ3v) is 6.90. The van der Waals surface area contributed by atoms with E-state index < -0.39 is 21.7 Å². The van der Waals surface area contributed by atoms with Gasteiger partial charge in [-0.05, 0) is 82.9 Å². The van der Waals surface area contributed by atoms with Crippen molar-refractivity contribution in [2.24, 2.45) is 0 Å². The van der Waals surface area contributed by atoms with Crippen LogP contribution in [-0.4, -0.2) is 50.1 Å². The lowest BCUT2D eigenvalue weighted by Crippen LogP contribution is -2.47. The summed E-state index contributed by atoms with van der Waals surface area (Å²) in [6.07, 6.45) is 0.723. The van der Waals surface area contributed by atoms with Crippen molar-refractivity contribution in [2.75, 3.05) is 17.8 Å². The van der Waals surface area contributed by atoms with E-state index in [1.54, 1.807) is 56.9 Å². The fourth-order valence-corrected chi connectivity index (χ4v) is 4.87. The Balaban J connectivity index is 1.68. The fourth-order valence-electron chi connectivity index (χ4n) is 3.79. The second kappa shape index (κ2) is 10.0. The summed E-state index contributed by atoms with van der Waals surface area (Å²) in [6, 6.07) is 11.6. The lowest BCUT2D eigenvalue weighted by atomic mass is 10.0. The molecule has 0 aliphatic carbocycles. The number of hydrogen-bond donors (Lipinski definition) is 2. The molecule has 2 amide bonds. The largest absolute Gasteiger partial charge is 0.444 e. The number of hydrogen-bond acceptors (Lipinski definition) is 5. The maximum atomic E-state index is 13.2. The Morgan fingerprint density at radius 3 is 2.32 bits per heavy atom. The van der Waals surface area contributed by atoms with Gasteiger partial charge < -0.3 is 15.0 Å². The molecule has 2 N–H and O–H groups in total. The van der Waals surface area contributed by atoms with Gasteiger partial charge in [0.05, 0.1) is 4.90 Å². The number of piperidine rings is 1. The van der Waals surface area contributed by atoms with Crippen LogP contribution in [-0.2, 0) is 14.8 Å². The monoisotopic (exact) mass is 487 g/mol. The molecule has 34 heavy (non-hydrogen) atoms. The molecule has 0 bridgehead atoms. The van der Waals surface area contributed by atoms with Gasteiger partial charge in [0, 0.05) is 30.4 Å². The molecule has 2 aromatic rings. The first-order valence-electron chi connectivity index (χ1n) is 11.3. The third kappa shape index (κ3) is 6.72. The molecule has 2 aromatic carbocycles. The van der Waals surface area contributed by atoms with Crippen LogP contribution in [0.5, 0.6) is 0 Å². The van der Waals surface area contributed by atoms with Gasteiger partial charge in [-0.25, -0.2) is 13.2 Å². The summed E-state index contributed by atoms with van der Waals surface area (Å²) in [4.78, 5) is 27.0. The summed E-state index contributed by atoms with van der Waals surface area (Å²) in [5, 5.41) is 2.86. The summed E-state index contributed by atoms with van der Waals surface area (Å²) in [5.74, 6) is -0.221. The van der Waals surface area contributed by atoms with Crippen LogP contribution in [0.1, 0.15) is 55.1 Å². The molecule has 1 aliphatic rings. The van der Waals surface area contributed by atoms with E-state index in [1.807, 2.05) is 13.0 Å². The Morgan fingerprint density at radius 2 is 1.71 bits per heavy atom. The Kier molecular flexibility index (Phi) is 7.55. The van der Waals surface area contributed by atoms with E-state index in [-0.39, 0.29) is 16.8 Å². The van der Waals surface area contributed by atoms with Crippen LogP contribution >= 0.6 is 0 Å². The zero-order chi connectivity index (χ0) is 25.1. The Labute approximate surface area is 201 Å². The predicted octanol–water partition coefficient (Wildman–Crippen LogP) is 4.23. The molecule has 0 radical (unpaired) electrons. The average molecular weight is 488 g/mol. The highest BCUT2D eigenvalue weighted by Gasteiger charge is 2.28. The van der Waals surface area contributed by atoms with E-state index in [9.17, 15) is 18.0 Å². The van der Waals surface area contributed by atoms with Crippen molar-refractivity contribution in [1.82, 2.24) is 10.2 Å². The average Bonchev–Trinajstić information content (AvgIpc) is 2.72. The number of carbonyl (C=O) groups excluding carboxylic acids is 2. The van der Waals surface area contributed by atoms with Gasteiger partial charge in [-0.1, -0.05) is 18.2 Å². The van der Waals surface area contributed by atoms with Crippen LogP contribution in [0.4, 0.5) is 10.5 Å². The molecule has 1 fully saturated rings. The normalized spacial score (nSPS) is 15.0. The first-order chi connectivity index (χ1) is 15.8. The molecule has 0 aromatic heterocycles. The molecule has 184 valence electrons. The van der Waals surface area contributed by atoms with Crippen molar-refractivity contribution in [1.29, 1.82) is 0 Å². The lowest BCUT2D eigenvalue weighted by Gasteiger charge is -2.33. The van der Waals surface area contributed by atoms with E-state index in [4.69, 9.17) is 4.74 Å². The first-order valence-corrected chi connectivity index (χ1v) is 12.8. The minimum Gasteiger partial charge on any atom is -0.444 e. The molecule has 1 saturated heterocycles. The molecule has 1 heterocycles. The first kappa shape index (κ1) is 25.6. The minimum atomic E-state index is -3.85. The van der Waals surface area contributed by atoms with E-state index in [2.05, 4.69) is 10.0 Å². The zero-order valence-corrected chi connectivity index (χ0v) is 21.2. The highest BCUT2D eigenvalue weighted by molar-refractivity contribution is 7.92. The summed E-state index contributed by atoms with van der Waals surface area (Å²) in [7, 11) is -3.85. The summed E-state index contributed by atoms with van der Waals surface area (Å²) in [5.41, 5.74) is 1.88. The number of rotatable bonds is 5. The minimum absolute atomic E-state index is 0.0319. The topological polar surface area (TPSA) is 105 Å². The molecule has 0 spiro atoms. The molecule has 0 atom stereocenters. The van der Waals surface area contributed by atoms with Crippen molar-refractivity contribution in [3.8, 4) is 0 Å². The Bertz CT molecular complexity index is 1160. The summed E-state index contributed by atoms with van der Waals surface area (Å²) >= 11 is 0. The van der Waals surface area contributed by atoms with Crippen molar-refractivity contribution in [3.05, 3.63) is 59.2 Å². The van der Waals surface area contributed by atoms with Crippen LogP contribution in [0.15, 0.2) is 47.4 Å². The van der Waals surface area contributed by atoms with E-state index in [0.717, 1.165) is 5.56 Å². The van der Waals surface area contributed by atoms with Gasteiger partial charge in [-0.2, -0.15) is 0 Å². The second-order valence-electron chi connectivity index (χ2n) is 9.66. The third-order valence-electron chi connectivity index (χ3n) is 5.52. The number of nitrogens with one attached hydrogen (secondary N) is 2. The van der Waals surface area contributed by atoms with Crippen LogP contribution in [0.2, 0.25) is 0 Å². The lowest BCUT2D eigenvalue weighted by molar-refractivity contribution is 0.0473. The molecule has 9 heteroatoms. The van der Waals surface area contributed by atoms with Crippen molar-refractivity contribution >= 4 is 27.7 Å². The van der Waals surface area contributed by atoms with Gasteiger partial charge in [0.1, 0.15) is 5.60 Å². The van der Waals surface area contributed by atoms with Gasteiger partial charge in [0.15, 0.2) is 0 Å².